The Morgan fingerprint density at radius 1 is 1.34 bits per heavy atom. The van der Waals surface area contributed by atoms with Crippen LogP contribution < -0.4 is 15.5 Å². The van der Waals surface area contributed by atoms with Gasteiger partial charge in [-0.3, -0.25) is 9.69 Å². The summed E-state index contributed by atoms with van der Waals surface area (Å²) in [4.78, 5) is 22.7. The number of methoxy groups -OCH3 is 2. The molecule has 0 unspecified atom stereocenters. The number of nitrogens with zero attached hydrogens (tertiary/aromatic N) is 3. The molecule has 0 radical (unpaired) electrons. The second-order valence-corrected chi connectivity index (χ2v) is 11.0. The van der Waals surface area contributed by atoms with E-state index in [0.29, 0.717) is 43.3 Å². The summed E-state index contributed by atoms with van der Waals surface area (Å²) < 4.78 is 16.3. The zero-order valence-corrected chi connectivity index (χ0v) is 23.7. The first kappa shape index (κ1) is 28.3. The largest absolute Gasteiger partial charge is 0.383 e. The summed E-state index contributed by atoms with van der Waals surface area (Å²) in [5, 5.41) is 9.26. The van der Waals surface area contributed by atoms with Gasteiger partial charge in [0.15, 0.2) is 5.13 Å². The van der Waals surface area contributed by atoms with Crippen molar-refractivity contribution in [2.45, 2.75) is 38.5 Å². The van der Waals surface area contributed by atoms with E-state index in [1.807, 2.05) is 17.5 Å². The molecule has 2 saturated heterocycles. The summed E-state index contributed by atoms with van der Waals surface area (Å²) in [7, 11) is 3.37. The van der Waals surface area contributed by atoms with E-state index < -0.39 is 0 Å². The third-order valence-electron chi connectivity index (χ3n) is 7.04. The van der Waals surface area contributed by atoms with Crippen molar-refractivity contribution < 1.29 is 19.0 Å². The molecule has 3 heterocycles. The second-order valence-electron chi connectivity index (χ2n) is 10.2. The Morgan fingerprint density at radius 3 is 2.89 bits per heavy atom. The van der Waals surface area contributed by atoms with Crippen molar-refractivity contribution in [2.24, 2.45) is 0 Å². The SMILES string of the molecule is C=C=C(Nc1ccc(CN2CCOCC2(C)C)cc1C(=O)NCCOC)c1csc(N2CC[C@H](OC)C2)n1. The molecule has 0 bridgehead atoms. The number of benzene rings is 1. The van der Waals surface area contributed by atoms with Crippen molar-refractivity contribution in [1.82, 2.24) is 15.2 Å². The van der Waals surface area contributed by atoms with Gasteiger partial charge in [0.1, 0.15) is 11.4 Å². The quantitative estimate of drug-likeness (QED) is 0.330. The first-order valence-electron chi connectivity index (χ1n) is 13.0. The van der Waals surface area contributed by atoms with Crippen molar-refractivity contribution in [1.29, 1.82) is 0 Å². The van der Waals surface area contributed by atoms with Gasteiger partial charge in [0.25, 0.3) is 5.91 Å². The molecule has 0 saturated carbocycles. The molecule has 10 heteroatoms. The number of hydrogen-bond donors (Lipinski definition) is 2. The highest BCUT2D eigenvalue weighted by atomic mass is 32.1. The zero-order chi connectivity index (χ0) is 27.1. The highest BCUT2D eigenvalue weighted by Gasteiger charge is 2.30. The van der Waals surface area contributed by atoms with Gasteiger partial charge in [-0.2, -0.15) is 0 Å². The van der Waals surface area contributed by atoms with Crippen LogP contribution in [0.15, 0.2) is 35.9 Å². The third kappa shape index (κ3) is 6.83. The lowest BCUT2D eigenvalue weighted by molar-refractivity contribution is -0.0552. The number of rotatable bonds is 11. The molecule has 2 N–H and O–H groups in total. The minimum Gasteiger partial charge on any atom is -0.383 e. The van der Waals surface area contributed by atoms with Crippen molar-refractivity contribution in [3.8, 4) is 0 Å². The minimum atomic E-state index is -0.169. The number of morpholine rings is 1. The minimum absolute atomic E-state index is 0.0737. The molecule has 38 heavy (non-hydrogen) atoms. The maximum absolute atomic E-state index is 13.2. The molecular formula is C28H39N5O4S. The Kier molecular flexibility index (Phi) is 9.59. The van der Waals surface area contributed by atoms with E-state index in [1.165, 1.54) is 0 Å². The molecule has 1 aromatic heterocycles. The fourth-order valence-electron chi connectivity index (χ4n) is 4.70. The first-order chi connectivity index (χ1) is 18.3. The third-order valence-corrected chi connectivity index (χ3v) is 7.95. The van der Waals surface area contributed by atoms with Crippen molar-refractivity contribution in [3.63, 3.8) is 0 Å². The first-order valence-corrected chi connectivity index (χ1v) is 13.9. The molecule has 1 amide bonds. The highest BCUT2D eigenvalue weighted by molar-refractivity contribution is 7.13. The number of hydrogen-bond acceptors (Lipinski definition) is 9. The van der Waals surface area contributed by atoms with E-state index in [0.717, 1.165) is 49.0 Å². The Labute approximate surface area is 229 Å². The molecule has 0 aliphatic carbocycles. The van der Waals surface area contributed by atoms with Gasteiger partial charge >= 0.3 is 0 Å². The van der Waals surface area contributed by atoms with Gasteiger partial charge in [-0.25, -0.2) is 4.98 Å². The predicted octanol–water partition coefficient (Wildman–Crippen LogP) is 3.59. The van der Waals surface area contributed by atoms with E-state index in [9.17, 15) is 4.79 Å². The Morgan fingerprint density at radius 2 is 2.18 bits per heavy atom. The Balaban J connectivity index is 1.55. The topological polar surface area (TPSA) is 88.2 Å². The lowest BCUT2D eigenvalue weighted by Gasteiger charge is -2.42. The smallest absolute Gasteiger partial charge is 0.253 e. The van der Waals surface area contributed by atoms with E-state index in [-0.39, 0.29) is 17.6 Å². The van der Waals surface area contributed by atoms with E-state index in [4.69, 9.17) is 19.2 Å². The molecule has 2 aliphatic heterocycles. The summed E-state index contributed by atoms with van der Waals surface area (Å²) in [6.45, 7) is 13.8. The summed E-state index contributed by atoms with van der Waals surface area (Å²) in [5.41, 5.74) is 6.56. The number of anilines is 2. The number of carbonyl (C=O) groups excluding carboxylic acids is 1. The van der Waals surface area contributed by atoms with Crippen LogP contribution in [0, 0.1) is 0 Å². The molecule has 206 valence electrons. The number of thiazole rings is 1. The summed E-state index contributed by atoms with van der Waals surface area (Å²) in [6.07, 6.45) is 1.22. The normalized spacial score (nSPS) is 19.3. The molecule has 1 atom stereocenters. The number of nitrogens with one attached hydrogen (secondary N) is 2. The van der Waals surface area contributed by atoms with Crippen molar-refractivity contribution in [3.05, 3.63) is 52.7 Å². The van der Waals surface area contributed by atoms with Gasteiger partial charge in [-0.1, -0.05) is 12.6 Å². The molecule has 1 aromatic carbocycles. The van der Waals surface area contributed by atoms with Crippen LogP contribution in [-0.2, 0) is 20.8 Å². The van der Waals surface area contributed by atoms with Gasteiger partial charge in [0.05, 0.1) is 37.2 Å². The predicted molar refractivity (Wildman–Crippen MR) is 152 cm³/mol. The number of amides is 1. The van der Waals surface area contributed by atoms with Crippen LogP contribution in [0.5, 0.6) is 0 Å². The standard InChI is InChI=1S/C28H39N5O4S/c1-6-23(25-18-38-27(31-25)32-11-9-21(17-32)36-5)30-24-8-7-20(15-22(24)26(34)29-10-13-35-4)16-33-12-14-37-19-28(33,2)3/h7-8,15,18,21,30H,1,9-14,16-17,19H2,2-5H3,(H,29,34)/t21-/m0/s1. The number of ether oxygens (including phenoxy) is 3. The van der Waals surface area contributed by atoms with E-state index in [2.05, 4.69) is 52.7 Å². The average molecular weight is 542 g/mol. The lowest BCUT2D eigenvalue weighted by Crippen LogP contribution is -2.52. The van der Waals surface area contributed by atoms with Crippen LogP contribution in [-0.4, -0.2) is 87.7 Å². The van der Waals surface area contributed by atoms with E-state index >= 15 is 0 Å². The van der Waals surface area contributed by atoms with Gasteiger partial charge in [-0.15, -0.1) is 17.1 Å². The second kappa shape index (κ2) is 12.9. The van der Waals surface area contributed by atoms with Gasteiger partial charge in [0, 0.05) is 57.9 Å². The lowest BCUT2D eigenvalue weighted by atomic mass is 10.00. The Bertz CT molecular complexity index is 1160. The van der Waals surface area contributed by atoms with Gasteiger partial charge in [0.2, 0.25) is 0 Å². The molecule has 9 nitrogen and oxygen atoms in total. The van der Waals surface area contributed by atoms with Gasteiger partial charge < -0.3 is 29.7 Å². The summed E-state index contributed by atoms with van der Waals surface area (Å²) in [5.74, 6) is -0.169. The van der Waals surface area contributed by atoms with Crippen molar-refractivity contribution in [2.75, 3.05) is 70.4 Å². The fourth-order valence-corrected chi connectivity index (χ4v) is 5.56. The van der Waals surface area contributed by atoms with Crippen LogP contribution in [0.1, 0.15) is 41.9 Å². The summed E-state index contributed by atoms with van der Waals surface area (Å²) in [6, 6.07) is 5.96. The van der Waals surface area contributed by atoms with Crippen LogP contribution >= 0.6 is 11.3 Å². The highest BCUT2D eigenvalue weighted by Crippen LogP contribution is 2.30. The maximum atomic E-state index is 13.2. The van der Waals surface area contributed by atoms with E-state index in [1.54, 1.807) is 25.6 Å². The van der Waals surface area contributed by atoms with Crippen molar-refractivity contribution >= 4 is 33.8 Å². The molecule has 2 aliphatic rings. The zero-order valence-electron chi connectivity index (χ0n) is 22.8. The van der Waals surface area contributed by atoms with Crippen LogP contribution in [0.25, 0.3) is 5.70 Å². The van der Waals surface area contributed by atoms with Gasteiger partial charge in [-0.05, 0) is 38.0 Å². The maximum Gasteiger partial charge on any atom is 0.253 e. The average Bonchev–Trinajstić information content (AvgIpc) is 3.59. The monoisotopic (exact) mass is 541 g/mol. The number of carbonyl (C=O) groups is 1. The Hall–Kier alpha value is -2.72. The molecule has 0 spiro atoms. The van der Waals surface area contributed by atoms with Crippen LogP contribution in [0.2, 0.25) is 0 Å². The van der Waals surface area contributed by atoms with Crippen LogP contribution in [0.4, 0.5) is 10.8 Å². The molecule has 4 rings (SSSR count). The molecule has 2 fully saturated rings. The fraction of sp³-hybridized carbons (Fsp3) is 0.536. The summed E-state index contributed by atoms with van der Waals surface area (Å²) >= 11 is 1.58. The number of aromatic nitrogens is 1. The van der Waals surface area contributed by atoms with Crippen LogP contribution in [0.3, 0.4) is 0 Å². The molecule has 2 aromatic rings. The molecular weight excluding hydrogens is 502 g/mol.